The Morgan fingerprint density at radius 1 is 1.27 bits per heavy atom. The number of benzene rings is 1. The number of hydrogen-bond acceptors (Lipinski definition) is 6. The van der Waals surface area contributed by atoms with E-state index in [0.29, 0.717) is 40.6 Å². The molecule has 140 valence electrons. The summed E-state index contributed by atoms with van der Waals surface area (Å²) in [5.41, 5.74) is -0.268. The zero-order valence-electron chi connectivity index (χ0n) is 14.7. The molecular weight excluding hydrogens is 374 g/mol. The Morgan fingerprint density at radius 3 is 2.65 bits per heavy atom. The molecule has 8 heteroatoms. The highest BCUT2D eigenvalue weighted by Crippen LogP contribution is 2.56. The fourth-order valence-electron chi connectivity index (χ4n) is 4.22. The highest BCUT2D eigenvalue weighted by molar-refractivity contribution is 7.91. The average molecular weight is 396 g/mol. The summed E-state index contributed by atoms with van der Waals surface area (Å²) < 4.78 is 31.2. The second-order valence-electron chi connectivity index (χ2n) is 7.06. The summed E-state index contributed by atoms with van der Waals surface area (Å²) >= 11 is 5.86. The molecule has 0 N–H and O–H groups in total. The first-order valence-electron chi connectivity index (χ1n) is 9.02. The van der Waals surface area contributed by atoms with Gasteiger partial charge in [0.25, 0.3) is 0 Å². The summed E-state index contributed by atoms with van der Waals surface area (Å²) in [5.74, 6) is 1.84. The first-order valence-corrected chi connectivity index (χ1v) is 11.0. The van der Waals surface area contributed by atoms with Crippen LogP contribution in [0.15, 0.2) is 33.6 Å². The van der Waals surface area contributed by atoms with Gasteiger partial charge in [0.1, 0.15) is 5.54 Å². The Morgan fingerprint density at radius 2 is 2.04 bits per heavy atom. The molecule has 4 rings (SSSR count). The van der Waals surface area contributed by atoms with Crippen LogP contribution in [0.25, 0.3) is 0 Å². The Labute approximate surface area is 158 Å². The second kappa shape index (κ2) is 6.62. The van der Waals surface area contributed by atoms with Crippen molar-refractivity contribution < 1.29 is 12.8 Å². The largest absolute Gasteiger partial charge is 0.423 e. The lowest BCUT2D eigenvalue weighted by Crippen LogP contribution is -2.52. The van der Waals surface area contributed by atoms with Gasteiger partial charge in [-0.15, -0.1) is 10.2 Å². The Kier molecular flexibility index (Phi) is 4.57. The second-order valence-corrected chi connectivity index (χ2v) is 9.61. The summed E-state index contributed by atoms with van der Waals surface area (Å²) in [4.78, 5) is 2.55. The van der Waals surface area contributed by atoms with E-state index in [-0.39, 0.29) is 11.3 Å². The van der Waals surface area contributed by atoms with Crippen molar-refractivity contribution in [3.8, 4) is 0 Å². The number of likely N-dealkylation sites (tertiary alicyclic amines) is 1. The van der Waals surface area contributed by atoms with Crippen LogP contribution < -0.4 is 0 Å². The maximum atomic E-state index is 12.7. The molecule has 1 aromatic heterocycles. The number of sulfone groups is 1. The minimum atomic E-state index is -3.36. The molecule has 0 unspecified atom stereocenters. The van der Waals surface area contributed by atoms with E-state index < -0.39 is 9.84 Å². The third kappa shape index (κ3) is 2.86. The Hall–Kier alpha value is -1.44. The van der Waals surface area contributed by atoms with E-state index in [1.165, 1.54) is 0 Å². The van der Waals surface area contributed by atoms with E-state index >= 15 is 0 Å². The monoisotopic (exact) mass is 395 g/mol. The van der Waals surface area contributed by atoms with E-state index in [4.69, 9.17) is 16.0 Å². The van der Waals surface area contributed by atoms with Crippen LogP contribution in [0.4, 0.5) is 0 Å². The number of nitrogens with zero attached hydrogens (tertiary/aromatic N) is 3. The SMILES string of the molecule is CCc1nnc([C@]23CC[C@H]2CCN3CCS(=O)(=O)c2ccc(Cl)cc2)o1. The number of aryl methyl sites for hydroxylation is 1. The minimum absolute atomic E-state index is 0.0673. The van der Waals surface area contributed by atoms with Gasteiger partial charge in [0.15, 0.2) is 9.84 Å². The summed E-state index contributed by atoms with van der Waals surface area (Å²) in [7, 11) is -3.36. The van der Waals surface area contributed by atoms with Crippen molar-refractivity contribution >= 4 is 21.4 Å². The molecule has 0 bridgehead atoms. The molecule has 0 amide bonds. The zero-order chi connectivity index (χ0) is 18.4. The molecule has 2 fully saturated rings. The summed E-state index contributed by atoms with van der Waals surface area (Å²) in [6.07, 6.45) is 3.83. The molecule has 0 spiro atoms. The van der Waals surface area contributed by atoms with Crippen molar-refractivity contribution in [2.24, 2.45) is 5.92 Å². The predicted octanol–water partition coefficient (Wildman–Crippen LogP) is 3.07. The molecule has 1 aliphatic carbocycles. The van der Waals surface area contributed by atoms with Crippen molar-refractivity contribution in [2.45, 2.75) is 43.0 Å². The number of fused-ring (bicyclic) bond motifs is 1. The van der Waals surface area contributed by atoms with E-state index in [9.17, 15) is 8.42 Å². The van der Waals surface area contributed by atoms with Crippen LogP contribution in [0.5, 0.6) is 0 Å². The van der Waals surface area contributed by atoms with Gasteiger partial charge < -0.3 is 4.42 Å². The van der Waals surface area contributed by atoms with Gasteiger partial charge in [-0.2, -0.15) is 0 Å². The van der Waals surface area contributed by atoms with Crippen molar-refractivity contribution in [3.63, 3.8) is 0 Å². The lowest BCUT2D eigenvalue weighted by atomic mass is 9.67. The third-order valence-electron chi connectivity index (χ3n) is 5.80. The maximum Gasteiger partial charge on any atom is 0.237 e. The molecule has 1 aromatic carbocycles. The molecule has 26 heavy (non-hydrogen) atoms. The molecule has 2 aromatic rings. The summed E-state index contributed by atoms with van der Waals surface area (Å²) in [6.45, 7) is 3.31. The van der Waals surface area contributed by atoms with Crippen molar-refractivity contribution in [1.82, 2.24) is 15.1 Å². The Bertz CT molecular complexity index is 897. The normalized spacial score (nSPS) is 25.8. The Balaban J connectivity index is 1.53. The first kappa shape index (κ1) is 17.9. The number of aromatic nitrogens is 2. The third-order valence-corrected chi connectivity index (χ3v) is 7.77. The molecule has 0 radical (unpaired) electrons. The van der Waals surface area contributed by atoms with E-state index in [1.807, 2.05) is 6.92 Å². The van der Waals surface area contributed by atoms with Crippen LogP contribution in [0.1, 0.15) is 38.0 Å². The highest BCUT2D eigenvalue weighted by atomic mass is 35.5. The van der Waals surface area contributed by atoms with Crippen molar-refractivity contribution in [1.29, 1.82) is 0 Å². The average Bonchev–Trinajstić information content (AvgIpc) is 3.16. The maximum absolute atomic E-state index is 12.7. The van der Waals surface area contributed by atoms with E-state index in [0.717, 1.165) is 25.8 Å². The predicted molar refractivity (Wildman–Crippen MR) is 97.8 cm³/mol. The van der Waals surface area contributed by atoms with Crippen LogP contribution in [0.3, 0.4) is 0 Å². The summed E-state index contributed by atoms with van der Waals surface area (Å²) in [5, 5.41) is 8.93. The van der Waals surface area contributed by atoms with Gasteiger partial charge in [0, 0.05) is 18.0 Å². The van der Waals surface area contributed by atoms with Crippen LogP contribution in [-0.4, -0.2) is 42.4 Å². The minimum Gasteiger partial charge on any atom is -0.423 e. The van der Waals surface area contributed by atoms with Gasteiger partial charge in [-0.1, -0.05) is 18.5 Å². The van der Waals surface area contributed by atoms with Crippen LogP contribution in [0, 0.1) is 5.92 Å². The van der Waals surface area contributed by atoms with E-state index in [2.05, 4.69) is 15.1 Å². The number of halogens is 1. The molecule has 6 nitrogen and oxygen atoms in total. The van der Waals surface area contributed by atoms with Crippen LogP contribution in [-0.2, 0) is 21.8 Å². The van der Waals surface area contributed by atoms with Crippen LogP contribution in [0.2, 0.25) is 5.02 Å². The lowest BCUT2D eigenvalue weighted by Gasteiger charge is -2.47. The fourth-order valence-corrected chi connectivity index (χ4v) is 5.60. The van der Waals surface area contributed by atoms with Gasteiger partial charge in [0.2, 0.25) is 11.8 Å². The molecule has 2 atom stereocenters. The molecule has 1 aliphatic heterocycles. The van der Waals surface area contributed by atoms with Crippen molar-refractivity contribution in [2.75, 3.05) is 18.8 Å². The fraction of sp³-hybridized carbons (Fsp3) is 0.556. The van der Waals surface area contributed by atoms with Gasteiger partial charge in [0.05, 0.1) is 10.6 Å². The number of hydrogen-bond donors (Lipinski definition) is 0. The zero-order valence-corrected chi connectivity index (χ0v) is 16.3. The molecule has 1 saturated carbocycles. The van der Waals surface area contributed by atoms with E-state index in [1.54, 1.807) is 24.3 Å². The van der Waals surface area contributed by atoms with Gasteiger partial charge >= 0.3 is 0 Å². The molecule has 1 saturated heterocycles. The van der Waals surface area contributed by atoms with Gasteiger partial charge in [-0.05, 0) is 56.0 Å². The summed E-state index contributed by atoms with van der Waals surface area (Å²) in [6, 6.07) is 6.35. The standard InChI is InChI=1S/C18H22ClN3O3S/c1-2-16-20-21-17(25-16)18-9-7-13(18)8-10-22(18)11-12-26(23,24)15-5-3-14(19)4-6-15/h3-6,13H,2,7-12H2,1H3/t13-,18-/m0/s1. The lowest BCUT2D eigenvalue weighted by molar-refractivity contribution is -0.00733. The quantitative estimate of drug-likeness (QED) is 0.748. The topological polar surface area (TPSA) is 76.3 Å². The molecular formula is C18H22ClN3O3S. The van der Waals surface area contributed by atoms with Gasteiger partial charge in [-0.25, -0.2) is 8.42 Å². The first-order chi connectivity index (χ1) is 12.5. The highest BCUT2D eigenvalue weighted by Gasteiger charge is 2.59. The molecule has 2 heterocycles. The number of rotatable bonds is 6. The van der Waals surface area contributed by atoms with Crippen molar-refractivity contribution in [3.05, 3.63) is 41.1 Å². The molecule has 2 aliphatic rings. The van der Waals surface area contributed by atoms with Gasteiger partial charge in [-0.3, -0.25) is 4.90 Å². The smallest absolute Gasteiger partial charge is 0.237 e. The van der Waals surface area contributed by atoms with Crippen LogP contribution >= 0.6 is 11.6 Å².